The highest BCUT2D eigenvalue weighted by molar-refractivity contribution is 5.69. The van der Waals surface area contributed by atoms with E-state index in [0.717, 1.165) is 57.8 Å². The highest BCUT2D eigenvalue weighted by Gasteiger charge is 2.13. The number of aliphatic hydroxyl groups is 1. The molecule has 0 aliphatic heterocycles. The lowest BCUT2D eigenvalue weighted by atomic mass is 10.0. The van der Waals surface area contributed by atoms with Gasteiger partial charge < -0.3 is 14.6 Å². The average molecular weight is 795 g/mol. The van der Waals surface area contributed by atoms with Crippen molar-refractivity contribution in [2.24, 2.45) is 0 Å². The molecule has 0 aromatic carbocycles. The van der Waals surface area contributed by atoms with Crippen molar-refractivity contribution in [1.82, 2.24) is 0 Å². The van der Waals surface area contributed by atoms with Crippen LogP contribution in [-0.2, 0) is 14.3 Å². The Morgan fingerprint density at radius 2 is 0.789 bits per heavy atom. The molecule has 0 saturated carbocycles. The summed E-state index contributed by atoms with van der Waals surface area (Å²) in [6.07, 6.45) is 68.4. The van der Waals surface area contributed by atoms with Gasteiger partial charge in [0.25, 0.3) is 0 Å². The van der Waals surface area contributed by atoms with Crippen LogP contribution in [0.15, 0.2) is 72.9 Å². The topological polar surface area (TPSA) is 55.8 Å². The third-order valence-electron chi connectivity index (χ3n) is 10.5. The Balaban J connectivity index is 3.44. The Bertz CT molecular complexity index is 973. The molecule has 330 valence electrons. The van der Waals surface area contributed by atoms with Crippen LogP contribution in [0.2, 0.25) is 0 Å². The summed E-state index contributed by atoms with van der Waals surface area (Å²) >= 11 is 0. The van der Waals surface area contributed by atoms with Crippen LogP contribution in [0.5, 0.6) is 0 Å². The molecule has 0 aliphatic carbocycles. The van der Waals surface area contributed by atoms with Crippen molar-refractivity contribution in [3.8, 4) is 0 Å². The molecule has 0 radical (unpaired) electrons. The number of carbonyl (C=O) groups excluding carboxylic acids is 1. The molecule has 0 bridgehead atoms. The van der Waals surface area contributed by atoms with Crippen molar-refractivity contribution in [3.05, 3.63) is 72.9 Å². The van der Waals surface area contributed by atoms with Crippen molar-refractivity contribution in [1.29, 1.82) is 0 Å². The number of allylic oxidation sites excluding steroid dienone is 12. The van der Waals surface area contributed by atoms with Crippen molar-refractivity contribution in [2.75, 3.05) is 19.8 Å². The van der Waals surface area contributed by atoms with Crippen LogP contribution in [0.4, 0.5) is 0 Å². The normalized spacial score (nSPS) is 13.0. The van der Waals surface area contributed by atoms with Crippen molar-refractivity contribution >= 4 is 5.97 Å². The molecular weight excluding hydrogens is 701 g/mol. The van der Waals surface area contributed by atoms with Crippen molar-refractivity contribution in [3.63, 3.8) is 0 Å². The maximum absolute atomic E-state index is 12.3. The minimum atomic E-state index is -0.545. The molecule has 1 N–H and O–H groups in total. The third-order valence-corrected chi connectivity index (χ3v) is 10.5. The minimum absolute atomic E-state index is 0.179. The number of ether oxygens (including phenoxy) is 2. The number of carbonyl (C=O) groups is 1. The smallest absolute Gasteiger partial charge is 0.306 e. The molecule has 1 atom stereocenters. The Morgan fingerprint density at radius 3 is 1.19 bits per heavy atom. The lowest BCUT2D eigenvalue weighted by molar-refractivity contribution is -0.154. The van der Waals surface area contributed by atoms with Crippen LogP contribution < -0.4 is 0 Å². The van der Waals surface area contributed by atoms with Crippen LogP contribution in [0.1, 0.15) is 232 Å². The van der Waals surface area contributed by atoms with Gasteiger partial charge in [0.1, 0.15) is 6.10 Å². The second kappa shape index (κ2) is 50.0. The maximum Gasteiger partial charge on any atom is 0.306 e. The monoisotopic (exact) mass is 795 g/mol. The fourth-order valence-electron chi connectivity index (χ4n) is 6.88. The molecule has 1 unspecified atom stereocenters. The van der Waals surface area contributed by atoms with E-state index >= 15 is 0 Å². The van der Waals surface area contributed by atoms with Crippen LogP contribution in [0.3, 0.4) is 0 Å². The zero-order chi connectivity index (χ0) is 41.2. The van der Waals surface area contributed by atoms with Gasteiger partial charge in [-0.05, 0) is 83.5 Å². The summed E-state index contributed by atoms with van der Waals surface area (Å²) in [4.78, 5) is 12.3. The zero-order valence-electron chi connectivity index (χ0n) is 37.8. The van der Waals surface area contributed by atoms with Gasteiger partial charge in [0.15, 0.2) is 0 Å². The summed E-state index contributed by atoms with van der Waals surface area (Å²) in [5.74, 6) is -0.206. The Kier molecular flexibility index (Phi) is 48.1. The molecule has 0 aromatic heterocycles. The van der Waals surface area contributed by atoms with E-state index in [1.165, 1.54) is 154 Å². The van der Waals surface area contributed by atoms with Crippen LogP contribution >= 0.6 is 0 Å². The summed E-state index contributed by atoms with van der Waals surface area (Å²) in [7, 11) is 0. The zero-order valence-corrected chi connectivity index (χ0v) is 37.8. The van der Waals surface area contributed by atoms with Gasteiger partial charge in [0.05, 0.1) is 13.2 Å². The van der Waals surface area contributed by atoms with Gasteiger partial charge in [0.2, 0.25) is 0 Å². The molecule has 4 heteroatoms. The molecule has 57 heavy (non-hydrogen) atoms. The predicted octanol–water partition coefficient (Wildman–Crippen LogP) is 16.5. The Morgan fingerprint density at radius 1 is 0.439 bits per heavy atom. The molecule has 0 rings (SSSR count). The molecule has 0 aromatic rings. The summed E-state index contributed by atoms with van der Waals surface area (Å²) in [6.45, 7) is 5.21. The average Bonchev–Trinajstić information content (AvgIpc) is 3.22. The maximum atomic E-state index is 12.3. The van der Waals surface area contributed by atoms with Gasteiger partial charge in [-0.1, -0.05) is 215 Å². The van der Waals surface area contributed by atoms with Gasteiger partial charge >= 0.3 is 5.97 Å². The Labute approximate surface area is 355 Å². The first kappa shape index (κ1) is 54.8. The van der Waals surface area contributed by atoms with Crippen molar-refractivity contribution in [2.45, 2.75) is 238 Å². The summed E-state index contributed by atoms with van der Waals surface area (Å²) in [5.41, 5.74) is 0. The highest BCUT2D eigenvalue weighted by atomic mass is 16.6. The fraction of sp³-hybridized carbons (Fsp3) is 0.755. The minimum Gasteiger partial charge on any atom is -0.457 e. The van der Waals surface area contributed by atoms with Gasteiger partial charge in [-0.15, -0.1) is 0 Å². The predicted molar refractivity (Wildman–Crippen MR) is 251 cm³/mol. The Hall–Kier alpha value is -2.17. The second-order valence-corrected chi connectivity index (χ2v) is 16.2. The number of esters is 1. The summed E-state index contributed by atoms with van der Waals surface area (Å²) in [6, 6.07) is 0. The molecule has 0 spiro atoms. The highest BCUT2D eigenvalue weighted by Crippen LogP contribution is 2.15. The molecule has 4 nitrogen and oxygen atoms in total. The van der Waals surface area contributed by atoms with Gasteiger partial charge in [-0.25, -0.2) is 0 Å². The standard InChI is InChI=1S/C53H94O4/c1-3-5-7-9-11-13-15-17-19-21-23-25-26-27-28-29-30-32-34-36-38-40-42-44-46-48-53(55)57-52(50-54)51-56-49-47-45-43-41-39-37-35-33-31-24-22-20-18-16-14-12-10-8-6-4-2/h6,8,12,14-15,17-18,20-21,23-24,31,52,54H,3-5,7,9-11,13,16,19,22,25-30,32-51H2,1-2H3/b8-6-,14-12-,17-15-,20-18-,23-21-,31-24-. The molecule has 0 aliphatic rings. The van der Waals surface area contributed by atoms with E-state index in [-0.39, 0.29) is 19.2 Å². The molecular formula is C53H94O4. The first-order valence-corrected chi connectivity index (χ1v) is 24.5. The second-order valence-electron chi connectivity index (χ2n) is 16.2. The van der Waals surface area contributed by atoms with Gasteiger partial charge in [-0.2, -0.15) is 0 Å². The number of rotatable bonds is 45. The van der Waals surface area contributed by atoms with E-state index < -0.39 is 6.10 Å². The lowest BCUT2D eigenvalue weighted by Crippen LogP contribution is -2.27. The summed E-state index contributed by atoms with van der Waals surface area (Å²) in [5, 5.41) is 9.64. The van der Waals surface area contributed by atoms with E-state index in [0.29, 0.717) is 13.0 Å². The van der Waals surface area contributed by atoms with Crippen LogP contribution in [-0.4, -0.2) is 37.0 Å². The molecule has 0 saturated heterocycles. The fourth-order valence-corrected chi connectivity index (χ4v) is 6.88. The first-order valence-electron chi connectivity index (χ1n) is 24.5. The van der Waals surface area contributed by atoms with Crippen LogP contribution in [0.25, 0.3) is 0 Å². The van der Waals surface area contributed by atoms with E-state index in [1.807, 2.05) is 0 Å². The van der Waals surface area contributed by atoms with E-state index in [4.69, 9.17) is 9.47 Å². The third kappa shape index (κ3) is 48.1. The first-order chi connectivity index (χ1) is 28.2. The summed E-state index contributed by atoms with van der Waals surface area (Å²) < 4.78 is 11.2. The van der Waals surface area contributed by atoms with Crippen molar-refractivity contribution < 1.29 is 19.4 Å². The number of aliphatic hydroxyl groups excluding tert-OH is 1. The molecule has 0 fully saturated rings. The quantitative estimate of drug-likeness (QED) is 0.0379. The molecule has 0 amide bonds. The molecule has 0 heterocycles. The van der Waals surface area contributed by atoms with E-state index in [1.54, 1.807) is 0 Å². The van der Waals surface area contributed by atoms with E-state index in [9.17, 15) is 9.90 Å². The number of hydrogen-bond acceptors (Lipinski definition) is 4. The van der Waals surface area contributed by atoms with Gasteiger partial charge in [0, 0.05) is 13.0 Å². The van der Waals surface area contributed by atoms with Gasteiger partial charge in [-0.3, -0.25) is 4.79 Å². The number of unbranched alkanes of at least 4 members (excludes halogenated alkanes) is 25. The largest absolute Gasteiger partial charge is 0.457 e. The lowest BCUT2D eigenvalue weighted by Gasteiger charge is -2.16. The SMILES string of the molecule is CC/C=C\C/C=C\C/C=C\C/C=C\CCCCCCCCCOCC(CO)OC(=O)CCCCCCCCCCCCCCC/C=C\C/C=C\CCCCCCC. The number of hydrogen-bond donors (Lipinski definition) is 1. The van der Waals surface area contributed by atoms with Crippen LogP contribution in [0, 0.1) is 0 Å². The van der Waals surface area contributed by atoms with E-state index in [2.05, 4.69) is 86.8 Å².